The molecule has 0 bridgehead atoms. The van der Waals surface area contributed by atoms with E-state index in [0.717, 1.165) is 6.21 Å². The smallest absolute Gasteiger partial charge is 0.270 e. The Balaban J connectivity index is 1.62. The molecule has 0 unspecified atom stereocenters. The summed E-state index contributed by atoms with van der Waals surface area (Å²) in [6.07, 6.45) is 2.60. The van der Waals surface area contributed by atoms with Crippen molar-refractivity contribution in [3.05, 3.63) is 71.1 Å². The van der Waals surface area contributed by atoms with Gasteiger partial charge in [-0.15, -0.1) is 0 Å². The van der Waals surface area contributed by atoms with E-state index in [1.807, 2.05) is 0 Å². The van der Waals surface area contributed by atoms with Crippen molar-refractivity contribution >= 4 is 40.3 Å². The van der Waals surface area contributed by atoms with Gasteiger partial charge in [0.2, 0.25) is 0 Å². The van der Waals surface area contributed by atoms with E-state index >= 15 is 0 Å². The number of pyridine rings is 1. The zero-order valence-electron chi connectivity index (χ0n) is 12.9. The van der Waals surface area contributed by atoms with Crippen LogP contribution in [-0.4, -0.2) is 17.1 Å². The Morgan fingerprint density at radius 1 is 1.28 bits per heavy atom. The number of halogens is 2. The molecule has 0 aliphatic heterocycles. The maximum atomic E-state index is 13.6. The summed E-state index contributed by atoms with van der Waals surface area (Å²) in [5, 5.41) is 7.26. The first-order chi connectivity index (χ1) is 12.1. The summed E-state index contributed by atoms with van der Waals surface area (Å²) in [4.78, 5) is 21.1. The molecule has 5 nitrogen and oxygen atoms in total. The van der Waals surface area contributed by atoms with Gasteiger partial charge < -0.3 is 10.2 Å². The summed E-state index contributed by atoms with van der Waals surface area (Å²) in [5.41, 5.74) is 1.64. The van der Waals surface area contributed by atoms with Gasteiger partial charge >= 0.3 is 0 Å². The molecule has 7 heteroatoms. The minimum Gasteiger partial charge on any atom is -0.391 e. The van der Waals surface area contributed by atoms with Gasteiger partial charge in [-0.05, 0) is 30.3 Å². The molecule has 0 fully saturated rings. The van der Waals surface area contributed by atoms with Gasteiger partial charge in [0.15, 0.2) is 0 Å². The SMILES string of the molecule is O=C(C=NOCc1cc(F)cc2cccnc12)Nc1ccccc1Cl. The Bertz CT molecular complexity index is 947. The average Bonchev–Trinajstić information content (AvgIpc) is 2.60. The third kappa shape index (κ3) is 4.30. The summed E-state index contributed by atoms with van der Waals surface area (Å²) in [6.45, 7) is -0.0128. The minimum atomic E-state index is -0.490. The molecule has 3 aromatic rings. The fraction of sp³-hybridized carbons (Fsp3) is 0.0556. The van der Waals surface area contributed by atoms with Crippen LogP contribution in [0.4, 0.5) is 10.1 Å². The molecular weight excluding hydrogens is 345 g/mol. The molecule has 126 valence electrons. The van der Waals surface area contributed by atoms with Gasteiger partial charge in [-0.1, -0.05) is 35.0 Å². The Morgan fingerprint density at radius 3 is 2.96 bits per heavy atom. The first kappa shape index (κ1) is 16.9. The number of anilines is 1. The second-order valence-corrected chi connectivity index (χ2v) is 5.52. The maximum absolute atomic E-state index is 13.6. The Labute approximate surface area is 148 Å². The number of rotatable bonds is 5. The molecule has 0 saturated heterocycles. The lowest BCUT2D eigenvalue weighted by molar-refractivity contribution is -0.110. The molecular formula is C18H13ClFN3O2. The zero-order chi connectivity index (χ0) is 17.6. The fourth-order valence-corrected chi connectivity index (χ4v) is 2.44. The molecule has 0 aliphatic carbocycles. The zero-order valence-corrected chi connectivity index (χ0v) is 13.7. The van der Waals surface area contributed by atoms with Crippen molar-refractivity contribution in [1.82, 2.24) is 4.98 Å². The molecule has 1 aromatic heterocycles. The highest BCUT2D eigenvalue weighted by atomic mass is 35.5. The van der Waals surface area contributed by atoms with E-state index in [1.165, 1.54) is 12.1 Å². The number of hydrogen-bond acceptors (Lipinski definition) is 4. The van der Waals surface area contributed by atoms with Gasteiger partial charge in [0.25, 0.3) is 5.91 Å². The van der Waals surface area contributed by atoms with Crippen molar-refractivity contribution in [2.24, 2.45) is 5.16 Å². The number of nitrogens with one attached hydrogen (secondary N) is 1. The van der Waals surface area contributed by atoms with E-state index in [1.54, 1.807) is 42.6 Å². The number of benzene rings is 2. The normalized spacial score (nSPS) is 11.0. The number of amides is 1. The first-order valence-corrected chi connectivity index (χ1v) is 7.75. The molecule has 1 amide bonds. The van der Waals surface area contributed by atoms with Crippen LogP contribution in [0.5, 0.6) is 0 Å². The lowest BCUT2D eigenvalue weighted by Crippen LogP contribution is -2.13. The number of nitrogens with zero attached hydrogens (tertiary/aromatic N) is 2. The third-order valence-electron chi connectivity index (χ3n) is 3.34. The molecule has 1 N–H and O–H groups in total. The molecule has 0 spiro atoms. The van der Waals surface area contributed by atoms with Crippen molar-refractivity contribution in [3.8, 4) is 0 Å². The highest BCUT2D eigenvalue weighted by Crippen LogP contribution is 2.20. The van der Waals surface area contributed by atoms with Crippen molar-refractivity contribution in [1.29, 1.82) is 0 Å². The van der Waals surface area contributed by atoms with E-state index in [4.69, 9.17) is 16.4 Å². The summed E-state index contributed by atoms with van der Waals surface area (Å²) < 4.78 is 13.6. The summed E-state index contributed by atoms with van der Waals surface area (Å²) in [7, 11) is 0. The topological polar surface area (TPSA) is 63.6 Å². The fourth-order valence-electron chi connectivity index (χ4n) is 2.26. The largest absolute Gasteiger partial charge is 0.391 e. The summed E-state index contributed by atoms with van der Waals surface area (Å²) in [5.74, 6) is -0.880. The lowest BCUT2D eigenvalue weighted by Gasteiger charge is -2.05. The van der Waals surface area contributed by atoms with Gasteiger partial charge in [0.05, 0.1) is 16.2 Å². The molecule has 0 radical (unpaired) electrons. The van der Waals surface area contributed by atoms with Gasteiger partial charge in [0.1, 0.15) is 18.6 Å². The average molecular weight is 358 g/mol. The highest BCUT2D eigenvalue weighted by Gasteiger charge is 2.06. The van der Waals surface area contributed by atoms with Crippen molar-refractivity contribution in [2.45, 2.75) is 6.61 Å². The van der Waals surface area contributed by atoms with Crippen LogP contribution < -0.4 is 5.32 Å². The summed E-state index contributed by atoms with van der Waals surface area (Å²) in [6, 6.07) is 13.0. The number of oxime groups is 1. The predicted octanol–water partition coefficient (Wildman–Crippen LogP) is 4.17. The summed E-state index contributed by atoms with van der Waals surface area (Å²) >= 11 is 5.95. The number of carbonyl (C=O) groups is 1. The van der Waals surface area contributed by atoms with Gasteiger partial charge in [-0.25, -0.2) is 4.39 Å². The van der Waals surface area contributed by atoms with Crippen molar-refractivity contribution in [2.75, 3.05) is 5.32 Å². The van der Waals surface area contributed by atoms with Crippen LogP contribution in [0.1, 0.15) is 5.56 Å². The van der Waals surface area contributed by atoms with Crippen LogP contribution >= 0.6 is 11.6 Å². The van der Waals surface area contributed by atoms with E-state index < -0.39 is 5.91 Å². The molecule has 0 atom stereocenters. The van der Waals surface area contributed by atoms with Crippen molar-refractivity contribution < 1.29 is 14.0 Å². The number of aromatic nitrogens is 1. The number of hydrogen-bond donors (Lipinski definition) is 1. The quantitative estimate of drug-likeness (QED) is 0.550. The highest BCUT2D eigenvalue weighted by molar-refractivity contribution is 6.36. The second-order valence-electron chi connectivity index (χ2n) is 5.12. The molecule has 2 aromatic carbocycles. The molecule has 0 saturated carbocycles. The van der Waals surface area contributed by atoms with Gasteiger partial charge in [-0.3, -0.25) is 9.78 Å². The van der Waals surface area contributed by atoms with E-state index in [9.17, 15) is 9.18 Å². The molecule has 1 heterocycles. The second kappa shape index (κ2) is 7.72. The first-order valence-electron chi connectivity index (χ1n) is 7.37. The van der Waals surface area contributed by atoms with Gasteiger partial charge in [0, 0.05) is 17.1 Å². The molecule has 0 aliphatic rings. The van der Waals surface area contributed by atoms with Crippen LogP contribution in [-0.2, 0) is 16.2 Å². The van der Waals surface area contributed by atoms with Crippen LogP contribution in [0.15, 0.2) is 59.9 Å². The number of fused-ring (bicyclic) bond motifs is 1. The Hall–Kier alpha value is -2.99. The molecule has 3 rings (SSSR count). The third-order valence-corrected chi connectivity index (χ3v) is 3.67. The van der Waals surface area contributed by atoms with E-state index in [2.05, 4.69) is 15.5 Å². The van der Waals surface area contributed by atoms with Crippen LogP contribution in [0.3, 0.4) is 0 Å². The maximum Gasteiger partial charge on any atom is 0.270 e. The Morgan fingerprint density at radius 2 is 2.12 bits per heavy atom. The van der Waals surface area contributed by atoms with E-state index in [0.29, 0.717) is 27.2 Å². The van der Waals surface area contributed by atoms with Crippen LogP contribution in [0.2, 0.25) is 5.02 Å². The van der Waals surface area contributed by atoms with E-state index in [-0.39, 0.29) is 12.4 Å². The minimum absolute atomic E-state index is 0.0128. The standard InChI is InChI=1S/C18H13ClFN3O2/c19-15-5-1-2-6-16(15)23-17(24)10-22-25-11-13-9-14(20)8-12-4-3-7-21-18(12)13/h1-10H,11H2,(H,23,24). The number of carbonyl (C=O) groups excluding carboxylic acids is 1. The monoisotopic (exact) mass is 357 g/mol. The predicted molar refractivity (Wildman–Crippen MR) is 95.1 cm³/mol. The molecule has 25 heavy (non-hydrogen) atoms. The van der Waals surface area contributed by atoms with Gasteiger partial charge in [-0.2, -0.15) is 0 Å². The lowest BCUT2D eigenvalue weighted by atomic mass is 10.1. The number of para-hydroxylation sites is 1. The van der Waals surface area contributed by atoms with Crippen LogP contribution in [0, 0.1) is 5.82 Å². The Kier molecular flexibility index (Phi) is 5.20. The van der Waals surface area contributed by atoms with Crippen molar-refractivity contribution in [3.63, 3.8) is 0 Å². The van der Waals surface area contributed by atoms with Crippen LogP contribution in [0.25, 0.3) is 10.9 Å².